The van der Waals surface area contributed by atoms with E-state index in [1.54, 1.807) is 12.1 Å². The maximum Gasteiger partial charge on any atom is 0.325 e. The number of hydrogen-bond donors (Lipinski definition) is 6. The van der Waals surface area contributed by atoms with E-state index in [0.717, 1.165) is 35.5 Å². The minimum Gasteiger partial charge on any atom is -0.316 e. The molecule has 39 heavy (non-hydrogen) atoms. The SMILES string of the molecule is O=C(Nc1c[nH]c(=O)[nH]c1=O)c1cc(C(=O)Nc2c[nH]c(=O)[nH]c2=O)cc(N2C(=O)c3ccccc3C2=O)c1. The van der Waals surface area contributed by atoms with Crippen LogP contribution in [-0.2, 0) is 0 Å². The molecule has 0 fully saturated rings. The van der Waals surface area contributed by atoms with Crippen LogP contribution in [0.3, 0.4) is 0 Å². The fourth-order valence-corrected chi connectivity index (χ4v) is 3.82. The van der Waals surface area contributed by atoms with Crippen molar-refractivity contribution in [3.05, 3.63) is 119 Å². The molecule has 1 aliphatic heterocycles. The van der Waals surface area contributed by atoms with Crippen LogP contribution < -0.4 is 38.0 Å². The van der Waals surface area contributed by atoms with E-state index >= 15 is 0 Å². The van der Waals surface area contributed by atoms with Gasteiger partial charge in [-0.15, -0.1) is 0 Å². The molecule has 0 bridgehead atoms. The van der Waals surface area contributed by atoms with Crippen LogP contribution in [0.1, 0.15) is 41.4 Å². The Bertz CT molecular complexity index is 1810. The number of fused-ring (bicyclic) bond motifs is 1. The molecule has 3 heterocycles. The molecular formula is C24H15N7O8. The highest BCUT2D eigenvalue weighted by molar-refractivity contribution is 6.34. The van der Waals surface area contributed by atoms with Crippen molar-refractivity contribution in [2.45, 2.75) is 0 Å². The van der Waals surface area contributed by atoms with Crippen molar-refractivity contribution < 1.29 is 19.2 Å². The third kappa shape index (κ3) is 4.57. The molecule has 0 saturated heterocycles. The first-order valence-corrected chi connectivity index (χ1v) is 11.0. The standard InChI is InChI=1S/C24H15N7O8/c32-17(27-15-8-25-23(38)29-19(15)34)10-5-11(18(33)28-16-9-26-24(39)30-20(16)35)7-12(6-10)31-21(36)13-3-1-2-4-14(13)22(31)37/h1-9H,(H,27,32)(H,28,33)(H2,25,29,34,38)(H2,26,30,35,39). The Hall–Kier alpha value is -6.12. The van der Waals surface area contributed by atoms with E-state index in [9.17, 15) is 38.4 Å². The number of benzene rings is 2. The Morgan fingerprint density at radius 2 is 1.08 bits per heavy atom. The highest BCUT2D eigenvalue weighted by atomic mass is 16.2. The number of carbonyl (C=O) groups excluding carboxylic acids is 4. The van der Waals surface area contributed by atoms with Crippen molar-refractivity contribution in [2.75, 3.05) is 15.5 Å². The molecule has 1 aliphatic rings. The van der Waals surface area contributed by atoms with Gasteiger partial charge in [-0.05, 0) is 30.3 Å². The summed E-state index contributed by atoms with van der Waals surface area (Å²) in [5.41, 5.74) is -4.49. The first-order chi connectivity index (χ1) is 18.6. The predicted molar refractivity (Wildman–Crippen MR) is 135 cm³/mol. The Kier molecular flexibility index (Phi) is 5.92. The maximum atomic E-state index is 13.1. The number of rotatable bonds is 5. The number of amides is 4. The molecule has 0 saturated carbocycles. The lowest BCUT2D eigenvalue weighted by molar-refractivity contribution is 0.0922. The highest BCUT2D eigenvalue weighted by Crippen LogP contribution is 2.30. The van der Waals surface area contributed by atoms with Gasteiger partial charge in [0.2, 0.25) is 0 Å². The average molecular weight is 529 g/mol. The molecule has 0 aliphatic carbocycles. The lowest BCUT2D eigenvalue weighted by atomic mass is 10.1. The van der Waals surface area contributed by atoms with Gasteiger partial charge in [-0.3, -0.25) is 38.7 Å². The molecule has 4 aromatic rings. The van der Waals surface area contributed by atoms with Crippen LogP contribution in [0.5, 0.6) is 0 Å². The summed E-state index contributed by atoms with van der Waals surface area (Å²) < 4.78 is 0. The third-order valence-electron chi connectivity index (χ3n) is 5.63. The Morgan fingerprint density at radius 1 is 0.641 bits per heavy atom. The van der Waals surface area contributed by atoms with E-state index in [1.807, 2.05) is 9.97 Å². The zero-order valence-corrected chi connectivity index (χ0v) is 19.4. The van der Waals surface area contributed by atoms with Gasteiger partial charge in [0, 0.05) is 23.5 Å². The molecule has 15 heteroatoms. The summed E-state index contributed by atoms with van der Waals surface area (Å²) in [6.45, 7) is 0. The summed E-state index contributed by atoms with van der Waals surface area (Å²) >= 11 is 0. The quantitative estimate of drug-likeness (QED) is 0.188. The van der Waals surface area contributed by atoms with Gasteiger partial charge in [-0.1, -0.05) is 12.1 Å². The lowest BCUT2D eigenvalue weighted by Gasteiger charge is -2.17. The van der Waals surface area contributed by atoms with Crippen molar-refractivity contribution in [3.63, 3.8) is 0 Å². The number of H-pyrrole nitrogens is 4. The van der Waals surface area contributed by atoms with Crippen LogP contribution in [0.2, 0.25) is 0 Å². The van der Waals surface area contributed by atoms with Crippen molar-refractivity contribution in [2.24, 2.45) is 0 Å². The Morgan fingerprint density at radius 3 is 1.49 bits per heavy atom. The number of nitrogens with one attached hydrogen (secondary N) is 6. The van der Waals surface area contributed by atoms with Crippen molar-refractivity contribution in [1.29, 1.82) is 0 Å². The molecule has 5 rings (SSSR count). The third-order valence-corrected chi connectivity index (χ3v) is 5.63. The Balaban J connectivity index is 1.57. The predicted octanol–water partition coefficient (Wildman–Crippen LogP) is -0.255. The maximum absolute atomic E-state index is 13.1. The molecule has 15 nitrogen and oxygen atoms in total. The van der Waals surface area contributed by atoms with E-state index in [4.69, 9.17) is 0 Å². The molecule has 4 amide bonds. The largest absolute Gasteiger partial charge is 0.325 e. The number of aromatic amines is 4. The smallest absolute Gasteiger partial charge is 0.316 e. The monoisotopic (exact) mass is 529 g/mol. The number of imide groups is 1. The van der Waals surface area contributed by atoms with E-state index in [1.165, 1.54) is 12.1 Å². The first-order valence-electron chi connectivity index (χ1n) is 11.0. The number of anilines is 3. The van der Waals surface area contributed by atoms with Crippen LogP contribution in [-0.4, -0.2) is 43.6 Å². The summed E-state index contributed by atoms with van der Waals surface area (Å²) in [5.74, 6) is -3.26. The summed E-state index contributed by atoms with van der Waals surface area (Å²) in [7, 11) is 0. The van der Waals surface area contributed by atoms with Crippen LogP contribution in [0, 0.1) is 0 Å². The number of nitrogens with zero attached hydrogens (tertiary/aromatic N) is 1. The number of aromatic nitrogens is 4. The van der Waals surface area contributed by atoms with Gasteiger partial charge < -0.3 is 20.6 Å². The van der Waals surface area contributed by atoms with Gasteiger partial charge in [0.15, 0.2) is 0 Å². The second-order valence-corrected chi connectivity index (χ2v) is 8.14. The summed E-state index contributed by atoms with van der Waals surface area (Å²) in [6.07, 6.45) is 1.92. The fourth-order valence-electron chi connectivity index (χ4n) is 3.82. The van der Waals surface area contributed by atoms with E-state index in [2.05, 4.69) is 20.6 Å². The molecule has 2 aromatic carbocycles. The van der Waals surface area contributed by atoms with Crippen molar-refractivity contribution >= 4 is 40.7 Å². The van der Waals surface area contributed by atoms with Gasteiger partial charge in [0.25, 0.3) is 34.7 Å². The van der Waals surface area contributed by atoms with Gasteiger partial charge in [-0.2, -0.15) is 0 Å². The summed E-state index contributed by atoms with van der Waals surface area (Å²) in [5, 5.41) is 4.55. The van der Waals surface area contributed by atoms with E-state index in [-0.39, 0.29) is 39.3 Å². The van der Waals surface area contributed by atoms with E-state index < -0.39 is 46.1 Å². The van der Waals surface area contributed by atoms with Crippen LogP contribution in [0.25, 0.3) is 0 Å². The molecule has 0 spiro atoms. The number of carbonyl (C=O) groups is 4. The van der Waals surface area contributed by atoms with Crippen LogP contribution in [0.15, 0.2) is 74.0 Å². The zero-order chi connectivity index (χ0) is 27.8. The molecule has 6 N–H and O–H groups in total. The average Bonchev–Trinajstić information content (AvgIpc) is 3.16. The van der Waals surface area contributed by atoms with Gasteiger partial charge in [0.05, 0.1) is 16.8 Å². The first kappa shape index (κ1) is 24.6. The fraction of sp³-hybridized carbons (Fsp3) is 0. The molecule has 0 atom stereocenters. The van der Waals surface area contributed by atoms with Crippen LogP contribution >= 0.6 is 0 Å². The molecule has 194 valence electrons. The summed E-state index contributed by atoms with van der Waals surface area (Å²) in [4.78, 5) is 108. The number of hydrogen-bond acceptors (Lipinski definition) is 8. The van der Waals surface area contributed by atoms with E-state index in [0.29, 0.717) is 0 Å². The molecular weight excluding hydrogens is 514 g/mol. The second kappa shape index (κ2) is 9.40. The Labute approximate surface area is 214 Å². The van der Waals surface area contributed by atoms with Gasteiger partial charge in [0.1, 0.15) is 11.4 Å². The topological polar surface area (TPSA) is 227 Å². The summed E-state index contributed by atoms with van der Waals surface area (Å²) in [6, 6.07) is 9.43. The highest BCUT2D eigenvalue weighted by Gasteiger charge is 2.37. The molecule has 2 aromatic heterocycles. The zero-order valence-electron chi connectivity index (χ0n) is 19.4. The molecule has 0 unspecified atom stereocenters. The molecule has 0 radical (unpaired) electrons. The second-order valence-electron chi connectivity index (χ2n) is 8.14. The van der Waals surface area contributed by atoms with Crippen LogP contribution in [0.4, 0.5) is 17.1 Å². The normalized spacial score (nSPS) is 12.3. The van der Waals surface area contributed by atoms with Gasteiger partial charge in [-0.25, -0.2) is 14.5 Å². The van der Waals surface area contributed by atoms with Crippen molar-refractivity contribution in [3.8, 4) is 0 Å². The minimum absolute atomic E-state index is 0.114. The lowest BCUT2D eigenvalue weighted by Crippen LogP contribution is -2.31. The van der Waals surface area contributed by atoms with Gasteiger partial charge >= 0.3 is 11.4 Å². The minimum atomic E-state index is -0.929. The van der Waals surface area contributed by atoms with Crippen molar-refractivity contribution in [1.82, 2.24) is 19.9 Å².